The Bertz CT molecular complexity index is 3210. The highest BCUT2D eigenvalue weighted by atomic mass is 15.2. The zero-order valence-electron chi connectivity index (χ0n) is 32.2. The predicted molar refractivity (Wildman–Crippen MR) is 247 cm³/mol. The van der Waals surface area contributed by atoms with E-state index in [1.54, 1.807) is 0 Å². The Morgan fingerprint density at radius 1 is 0.424 bits per heavy atom. The number of hydrogen-bond acceptors (Lipinski definition) is 2. The summed E-state index contributed by atoms with van der Waals surface area (Å²) in [5.41, 5.74) is 19.3. The molecule has 0 fully saturated rings. The number of rotatable bonds is 5. The molecule has 0 saturated carbocycles. The Morgan fingerprint density at radius 2 is 1.00 bits per heavy atom. The molecular formula is C55H36BN3. The smallest absolute Gasteiger partial charge is 0.333 e. The third-order valence-electron chi connectivity index (χ3n) is 13.2. The van der Waals surface area contributed by atoms with Gasteiger partial charge in [0, 0.05) is 55.8 Å². The van der Waals surface area contributed by atoms with E-state index >= 15 is 0 Å². The van der Waals surface area contributed by atoms with Crippen molar-refractivity contribution in [2.24, 2.45) is 0 Å². The summed E-state index contributed by atoms with van der Waals surface area (Å²) in [5, 5.41) is 2.58. The van der Waals surface area contributed by atoms with E-state index in [9.17, 15) is 0 Å². The average molecular weight is 750 g/mol. The van der Waals surface area contributed by atoms with Gasteiger partial charge in [0.05, 0.1) is 11.1 Å². The number of anilines is 6. The molecule has 0 amide bonds. The van der Waals surface area contributed by atoms with Gasteiger partial charge < -0.3 is 14.3 Å². The van der Waals surface area contributed by atoms with Gasteiger partial charge in [-0.25, -0.2) is 0 Å². The maximum Gasteiger partial charge on any atom is 0.333 e. The van der Waals surface area contributed by atoms with Crippen molar-refractivity contribution in [1.29, 1.82) is 0 Å². The van der Waals surface area contributed by atoms with Crippen LogP contribution in [-0.2, 0) is 5.41 Å². The fraction of sp³-hybridized carbons (Fsp3) is 0.0182. The van der Waals surface area contributed by atoms with Crippen molar-refractivity contribution in [2.75, 3.05) is 9.80 Å². The van der Waals surface area contributed by atoms with Crippen molar-refractivity contribution in [3.63, 3.8) is 0 Å². The van der Waals surface area contributed by atoms with Crippen molar-refractivity contribution in [3.05, 3.63) is 241 Å². The van der Waals surface area contributed by atoms with Crippen LogP contribution >= 0.6 is 0 Å². The first-order chi connectivity index (χ1) is 29.3. The number of hydrogen-bond donors (Lipinski definition) is 0. The molecule has 0 aliphatic carbocycles. The summed E-state index contributed by atoms with van der Waals surface area (Å²) in [7, 11) is 0. The fourth-order valence-corrected chi connectivity index (χ4v) is 11.0. The largest absolute Gasteiger partial charge is 0.375 e. The zero-order chi connectivity index (χ0) is 38.7. The molecule has 13 rings (SSSR count). The van der Waals surface area contributed by atoms with Crippen LogP contribution in [0.15, 0.2) is 218 Å². The van der Waals surface area contributed by atoms with Crippen molar-refractivity contribution in [2.45, 2.75) is 5.41 Å². The molecule has 9 aromatic carbocycles. The molecule has 3 nitrogen and oxygen atoms in total. The second-order valence-electron chi connectivity index (χ2n) is 16.0. The standard InChI is InChI=1S/C55H36BN3/c1-5-19-37(20-6-1)55(38-21-7-2-8-22-38)46-30-14-16-34-50(46)58-51-36-41(57(39-23-9-3-10-24-39)40-25-11-4-12-26-40)35-45-44-29-17-28-43-42-27-13-15-33-49(42)59(53(43)44)56(52(45)51)48-32-18-31-47(55)54(48)58/h1-36H. The highest BCUT2D eigenvalue weighted by Crippen LogP contribution is 2.59. The summed E-state index contributed by atoms with van der Waals surface area (Å²) in [4.78, 5) is 5.04. The van der Waals surface area contributed by atoms with Gasteiger partial charge in [-0.15, -0.1) is 0 Å². The normalized spacial score (nSPS) is 13.8. The van der Waals surface area contributed by atoms with Gasteiger partial charge >= 0.3 is 6.85 Å². The van der Waals surface area contributed by atoms with Crippen LogP contribution in [0, 0.1) is 0 Å². The summed E-state index contributed by atoms with van der Waals surface area (Å²) in [6.45, 7) is -0.0611. The van der Waals surface area contributed by atoms with Gasteiger partial charge in [-0.3, -0.25) is 0 Å². The molecule has 0 bridgehead atoms. The Hall–Kier alpha value is -7.56. The Kier molecular flexibility index (Phi) is 6.74. The average Bonchev–Trinajstić information content (AvgIpc) is 3.65. The minimum atomic E-state index is -0.570. The molecule has 3 aliphatic rings. The lowest BCUT2D eigenvalue weighted by molar-refractivity contribution is 0.732. The van der Waals surface area contributed by atoms with Crippen LogP contribution in [0.5, 0.6) is 0 Å². The lowest BCUT2D eigenvalue weighted by Crippen LogP contribution is -2.58. The molecule has 4 heteroatoms. The molecule has 59 heavy (non-hydrogen) atoms. The second-order valence-corrected chi connectivity index (χ2v) is 16.0. The molecule has 10 aromatic rings. The Labute approximate surface area is 343 Å². The number of para-hydroxylation sites is 6. The first-order valence-corrected chi connectivity index (χ1v) is 20.6. The number of benzene rings is 9. The van der Waals surface area contributed by atoms with Crippen LogP contribution in [0.4, 0.5) is 34.1 Å². The van der Waals surface area contributed by atoms with Gasteiger partial charge in [0.15, 0.2) is 0 Å². The van der Waals surface area contributed by atoms with E-state index < -0.39 is 5.41 Å². The van der Waals surface area contributed by atoms with E-state index in [2.05, 4.69) is 233 Å². The fourth-order valence-electron chi connectivity index (χ4n) is 11.0. The SMILES string of the molecule is c1ccc(N(c2ccccc2)c2cc3c4c(c2)N2c5ccccc5C(c5ccccc5)(c5ccccc5)c5cccc(c52)B4n2c4ccccc4c4cccc-3c42)cc1. The molecule has 0 spiro atoms. The lowest BCUT2D eigenvalue weighted by Gasteiger charge is -2.50. The summed E-state index contributed by atoms with van der Waals surface area (Å²) >= 11 is 0. The van der Waals surface area contributed by atoms with Crippen molar-refractivity contribution < 1.29 is 0 Å². The molecule has 274 valence electrons. The van der Waals surface area contributed by atoms with E-state index in [0.717, 1.165) is 17.1 Å². The molecular weight excluding hydrogens is 713 g/mol. The molecule has 3 aliphatic heterocycles. The lowest BCUT2D eigenvalue weighted by atomic mass is 9.44. The van der Waals surface area contributed by atoms with E-state index in [1.807, 2.05) is 0 Å². The third kappa shape index (κ3) is 4.27. The molecule has 4 heterocycles. The third-order valence-corrected chi connectivity index (χ3v) is 13.2. The maximum absolute atomic E-state index is 2.66. The van der Waals surface area contributed by atoms with Crippen LogP contribution in [0.25, 0.3) is 32.9 Å². The first kappa shape index (κ1) is 32.5. The highest BCUT2D eigenvalue weighted by Gasteiger charge is 2.52. The topological polar surface area (TPSA) is 11.4 Å². The number of nitrogens with zero attached hydrogens (tertiary/aromatic N) is 3. The minimum absolute atomic E-state index is 0.0611. The first-order valence-electron chi connectivity index (χ1n) is 20.6. The van der Waals surface area contributed by atoms with Gasteiger partial charge in [-0.1, -0.05) is 170 Å². The maximum atomic E-state index is 2.66. The van der Waals surface area contributed by atoms with Crippen LogP contribution in [0.3, 0.4) is 0 Å². The van der Waals surface area contributed by atoms with Crippen LogP contribution in [0.2, 0.25) is 0 Å². The summed E-state index contributed by atoms with van der Waals surface area (Å²) < 4.78 is 2.66. The quantitative estimate of drug-likeness (QED) is 0.162. The van der Waals surface area contributed by atoms with Crippen LogP contribution < -0.4 is 20.7 Å². The van der Waals surface area contributed by atoms with Crippen molar-refractivity contribution in [3.8, 4) is 11.1 Å². The molecule has 0 atom stereocenters. The van der Waals surface area contributed by atoms with Crippen LogP contribution in [-0.4, -0.2) is 11.3 Å². The van der Waals surface area contributed by atoms with Gasteiger partial charge in [0.25, 0.3) is 0 Å². The van der Waals surface area contributed by atoms with Crippen molar-refractivity contribution in [1.82, 2.24) is 4.48 Å². The Balaban J connectivity index is 1.22. The summed E-state index contributed by atoms with van der Waals surface area (Å²) in [5.74, 6) is 0. The van der Waals surface area contributed by atoms with Gasteiger partial charge in [-0.2, -0.15) is 0 Å². The van der Waals surface area contributed by atoms with Gasteiger partial charge in [-0.05, 0) is 87.3 Å². The van der Waals surface area contributed by atoms with E-state index in [1.165, 1.54) is 83.2 Å². The molecule has 1 aromatic heterocycles. The molecule has 0 N–H and O–H groups in total. The molecule has 0 unspecified atom stereocenters. The zero-order valence-corrected chi connectivity index (χ0v) is 32.2. The Morgan fingerprint density at radius 3 is 1.71 bits per heavy atom. The monoisotopic (exact) mass is 749 g/mol. The van der Waals surface area contributed by atoms with Gasteiger partial charge in [0.1, 0.15) is 0 Å². The van der Waals surface area contributed by atoms with E-state index in [0.29, 0.717) is 0 Å². The van der Waals surface area contributed by atoms with Crippen molar-refractivity contribution >= 4 is 73.7 Å². The minimum Gasteiger partial charge on any atom is -0.375 e. The summed E-state index contributed by atoms with van der Waals surface area (Å²) in [6.07, 6.45) is 0. The number of fused-ring (bicyclic) bond motifs is 9. The van der Waals surface area contributed by atoms with E-state index in [4.69, 9.17) is 0 Å². The second kappa shape index (κ2) is 12.2. The van der Waals surface area contributed by atoms with E-state index in [-0.39, 0.29) is 6.85 Å². The predicted octanol–water partition coefficient (Wildman–Crippen LogP) is 12.4. The highest BCUT2D eigenvalue weighted by molar-refractivity contribution is 6.90. The van der Waals surface area contributed by atoms with Crippen LogP contribution in [0.1, 0.15) is 22.3 Å². The molecule has 0 radical (unpaired) electrons. The molecule has 0 saturated heterocycles. The summed E-state index contributed by atoms with van der Waals surface area (Å²) in [6, 6.07) is 81.1. The number of aromatic nitrogens is 1. The van der Waals surface area contributed by atoms with Gasteiger partial charge in [0.2, 0.25) is 0 Å².